The van der Waals surface area contributed by atoms with E-state index in [2.05, 4.69) is 22.2 Å². The molecule has 2 rings (SSSR count). The third-order valence-electron chi connectivity index (χ3n) is 3.13. The summed E-state index contributed by atoms with van der Waals surface area (Å²) in [7, 11) is 0. The van der Waals surface area contributed by atoms with Crippen LogP contribution in [0.25, 0.3) is 11.0 Å². The minimum Gasteiger partial charge on any atom is -0.372 e. The third-order valence-corrected chi connectivity index (χ3v) is 3.36. The molecule has 1 aromatic carbocycles. The number of nitrogens with zero attached hydrogens (tertiary/aromatic N) is 1. The van der Waals surface area contributed by atoms with E-state index in [1.165, 1.54) is 0 Å². The summed E-state index contributed by atoms with van der Waals surface area (Å²) in [6.07, 6.45) is 2.02. The lowest BCUT2D eigenvalue weighted by atomic mass is 10.3. The van der Waals surface area contributed by atoms with Gasteiger partial charge in [-0.15, -0.1) is 0 Å². The van der Waals surface area contributed by atoms with Crippen LogP contribution in [0.15, 0.2) is 18.2 Å². The van der Waals surface area contributed by atoms with Gasteiger partial charge < -0.3 is 15.0 Å². The molecular weight excluding hydrogens is 290 g/mol. The van der Waals surface area contributed by atoms with Gasteiger partial charge in [-0.1, -0.05) is 24.9 Å². The zero-order valence-corrected chi connectivity index (χ0v) is 13.0. The Morgan fingerprint density at radius 1 is 1.52 bits per heavy atom. The average Bonchev–Trinajstić information content (AvgIpc) is 2.86. The summed E-state index contributed by atoms with van der Waals surface area (Å²) < 4.78 is 5.29. The van der Waals surface area contributed by atoms with Crippen LogP contribution in [0.1, 0.15) is 38.6 Å². The molecule has 5 nitrogen and oxygen atoms in total. The Morgan fingerprint density at radius 3 is 3.10 bits per heavy atom. The SMILES string of the molecule is CCCCOCC(=O)NC(C)c1nc2ccc(Cl)cc2[nH]1. The number of hydrogen-bond donors (Lipinski definition) is 2. The monoisotopic (exact) mass is 309 g/mol. The van der Waals surface area contributed by atoms with Gasteiger partial charge in [0.25, 0.3) is 0 Å². The highest BCUT2D eigenvalue weighted by Crippen LogP contribution is 2.19. The second-order valence-corrected chi connectivity index (χ2v) is 5.42. The predicted octanol–water partition coefficient (Wildman–Crippen LogP) is 3.21. The minimum atomic E-state index is -0.210. The van der Waals surface area contributed by atoms with Gasteiger partial charge in [0.2, 0.25) is 5.91 Å². The van der Waals surface area contributed by atoms with Gasteiger partial charge in [-0.25, -0.2) is 4.98 Å². The summed E-state index contributed by atoms with van der Waals surface area (Å²) in [5, 5.41) is 3.51. The van der Waals surface area contributed by atoms with Gasteiger partial charge in [0.05, 0.1) is 17.1 Å². The largest absolute Gasteiger partial charge is 0.372 e. The second kappa shape index (κ2) is 7.43. The van der Waals surface area contributed by atoms with Crippen molar-refractivity contribution in [3.63, 3.8) is 0 Å². The van der Waals surface area contributed by atoms with Gasteiger partial charge >= 0.3 is 0 Å². The van der Waals surface area contributed by atoms with Crippen molar-refractivity contribution in [2.75, 3.05) is 13.2 Å². The Balaban J connectivity index is 1.92. The fourth-order valence-electron chi connectivity index (χ4n) is 1.97. The molecule has 1 amide bonds. The number of carbonyl (C=O) groups is 1. The van der Waals surface area contributed by atoms with Gasteiger partial charge in [-0.05, 0) is 31.5 Å². The molecule has 0 saturated heterocycles. The second-order valence-electron chi connectivity index (χ2n) is 4.98. The van der Waals surface area contributed by atoms with Crippen LogP contribution >= 0.6 is 11.6 Å². The first-order valence-electron chi connectivity index (χ1n) is 7.12. The number of H-pyrrole nitrogens is 1. The molecule has 2 aromatic rings. The van der Waals surface area contributed by atoms with E-state index in [4.69, 9.17) is 16.3 Å². The van der Waals surface area contributed by atoms with Gasteiger partial charge in [-0.2, -0.15) is 0 Å². The molecule has 0 aliphatic carbocycles. The molecule has 0 spiro atoms. The lowest BCUT2D eigenvalue weighted by Crippen LogP contribution is -2.30. The molecule has 1 unspecified atom stereocenters. The summed E-state index contributed by atoms with van der Waals surface area (Å²) in [4.78, 5) is 19.4. The number of fused-ring (bicyclic) bond motifs is 1. The van der Waals surface area contributed by atoms with Crippen molar-refractivity contribution in [2.45, 2.75) is 32.7 Å². The van der Waals surface area contributed by atoms with Crippen molar-refractivity contribution in [1.82, 2.24) is 15.3 Å². The summed E-state index contributed by atoms with van der Waals surface area (Å²) >= 11 is 5.94. The van der Waals surface area contributed by atoms with E-state index in [-0.39, 0.29) is 18.6 Å². The lowest BCUT2D eigenvalue weighted by Gasteiger charge is -2.11. The number of amides is 1. The number of rotatable bonds is 7. The predicted molar refractivity (Wildman–Crippen MR) is 83.4 cm³/mol. The number of ether oxygens (including phenoxy) is 1. The van der Waals surface area contributed by atoms with Gasteiger partial charge in [0.15, 0.2) is 0 Å². The number of nitrogens with one attached hydrogen (secondary N) is 2. The zero-order valence-electron chi connectivity index (χ0n) is 12.3. The van der Waals surface area contributed by atoms with Crippen LogP contribution in [0.3, 0.4) is 0 Å². The number of imidazole rings is 1. The van der Waals surface area contributed by atoms with E-state index in [1.807, 2.05) is 19.1 Å². The minimum absolute atomic E-state index is 0.0798. The van der Waals surface area contributed by atoms with Crippen LogP contribution < -0.4 is 5.32 Å². The Kier molecular flexibility index (Phi) is 5.59. The van der Waals surface area contributed by atoms with Gasteiger partial charge in [0, 0.05) is 11.6 Å². The van der Waals surface area contributed by atoms with Crippen LogP contribution in [0.2, 0.25) is 5.02 Å². The maximum atomic E-state index is 11.8. The highest BCUT2D eigenvalue weighted by atomic mass is 35.5. The highest BCUT2D eigenvalue weighted by molar-refractivity contribution is 6.31. The van der Waals surface area contributed by atoms with Crippen molar-refractivity contribution >= 4 is 28.5 Å². The molecule has 21 heavy (non-hydrogen) atoms. The van der Waals surface area contributed by atoms with Crippen molar-refractivity contribution < 1.29 is 9.53 Å². The number of unbranched alkanes of at least 4 members (excludes halogenated alkanes) is 1. The normalized spacial score (nSPS) is 12.5. The highest BCUT2D eigenvalue weighted by Gasteiger charge is 2.13. The Labute approximate surface area is 129 Å². The first kappa shape index (κ1) is 15.8. The molecule has 2 N–H and O–H groups in total. The molecule has 0 fully saturated rings. The molecule has 0 saturated carbocycles. The number of hydrogen-bond acceptors (Lipinski definition) is 3. The van der Waals surface area contributed by atoms with Gasteiger partial charge in [0.1, 0.15) is 12.4 Å². The quantitative estimate of drug-likeness (QED) is 0.772. The Morgan fingerprint density at radius 2 is 2.33 bits per heavy atom. The van der Waals surface area contributed by atoms with E-state index in [0.29, 0.717) is 17.5 Å². The maximum Gasteiger partial charge on any atom is 0.246 e. The van der Waals surface area contributed by atoms with Crippen molar-refractivity contribution in [2.24, 2.45) is 0 Å². The fraction of sp³-hybridized carbons (Fsp3) is 0.467. The van der Waals surface area contributed by atoms with E-state index in [9.17, 15) is 4.79 Å². The maximum absolute atomic E-state index is 11.8. The number of halogens is 1. The molecule has 114 valence electrons. The molecule has 1 heterocycles. The molecule has 0 radical (unpaired) electrons. The van der Waals surface area contributed by atoms with E-state index >= 15 is 0 Å². The Bertz CT molecular complexity index is 612. The number of aromatic nitrogens is 2. The number of carbonyl (C=O) groups excluding carboxylic acids is 1. The van der Waals surface area contributed by atoms with Crippen LogP contribution in [0, 0.1) is 0 Å². The fourth-order valence-corrected chi connectivity index (χ4v) is 2.14. The standard InChI is InChI=1S/C15H20ClN3O2/c1-3-4-7-21-9-14(20)17-10(2)15-18-12-6-5-11(16)8-13(12)19-15/h5-6,8,10H,3-4,7,9H2,1-2H3,(H,17,20)(H,18,19). The zero-order chi connectivity index (χ0) is 15.2. The summed E-state index contributed by atoms with van der Waals surface area (Å²) in [6.45, 7) is 4.65. The first-order chi connectivity index (χ1) is 10.1. The van der Waals surface area contributed by atoms with E-state index in [1.54, 1.807) is 6.07 Å². The van der Waals surface area contributed by atoms with Gasteiger partial charge in [-0.3, -0.25) is 4.79 Å². The van der Waals surface area contributed by atoms with Crippen molar-refractivity contribution in [1.29, 1.82) is 0 Å². The first-order valence-corrected chi connectivity index (χ1v) is 7.50. The molecular formula is C15H20ClN3O2. The van der Waals surface area contributed by atoms with Crippen LogP contribution in [0.4, 0.5) is 0 Å². The summed E-state index contributed by atoms with van der Waals surface area (Å²) in [6, 6.07) is 5.24. The van der Waals surface area contributed by atoms with Crippen LogP contribution in [-0.2, 0) is 9.53 Å². The molecule has 0 aliphatic rings. The summed E-state index contributed by atoms with van der Waals surface area (Å²) in [5.74, 6) is 0.561. The third kappa shape index (κ3) is 4.44. The number of aromatic amines is 1. The Hall–Kier alpha value is -1.59. The average molecular weight is 310 g/mol. The van der Waals surface area contributed by atoms with Crippen molar-refractivity contribution in [3.8, 4) is 0 Å². The number of benzene rings is 1. The molecule has 1 aromatic heterocycles. The van der Waals surface area contributed by atoms with Crippen LogP contribution in [0.5, 0.6) is 0 Å². The van der Waals surface area contributed by atoms with E-state index < -0.39 is 0 Å². The van der Waals surface area contributed by atoms with Crippen molar-refractivity contribution in [3.05, 3.63) is 29.0 Å². The molecule has 1 atom stereocenters. The topological polar surface area (TPSA) is 67.0 Å². The molecule has 0 aliphatic heterocycles. The molecule has 0 bridgehead atoms. The smallest absolute Gasteiger partial charge is 0.246 e. The van der Waals surface area contributed by atoms with Crippen LogP contribution in [-0.4, -0.2) is 29.1 Å². The lowest BCUT2D eigenvalue weighted by molar-refractivity contribution is -0.126. The van der Waals surface area contributed by atoms with E-state index in [0.717, 1.165) is 23.9 Å². The summed E-state index contributed by atoms with van der Waals surface area (Å²) in [5.41, 5.74) is 1.69. The molecule has 6 heteroatoms.